The number of hydrogen-bond donors (Lipinski definition) is 2. The van der Waals surface area contributed by atoms with Crippen molar-refractivity contribution in [3.63, 3.8) is 0 Å². The number of ether oxygens (including phenoxy) is 2. The minimum atomic E-state index is -4.54. The number of nitrogens with zero attached hydrogens (tertiary/aromatic N) is 2. The van der Waals surface area contributed by atoms with Crippen LogP contribution in [0.25, 0.3) is 0 Å². The van der Waals surface area contributed by atoms with Gasteiger partial charge >= 0.3 is 6.18 Å². The predicted molar refractivity (Wildman–Crippen MR) is 115 cm³/mol. The predicted octanol–water partition coefficient (Wildman–Crippen LogP) is 5.14. The molecule has 0 fully saturated rings. The summed E-state index contributed by atoms with van der Waals surface area (Å²) in [6.07, 6.45) is -4.82. The Morgan fingerprint density at radius 1 is 1.09 bits per heavy atom. The highest BCUT2D eigenvalue weighted by Gasteiger charge is 2.47. The molecule has 5 rings (SSSR count). The van der Waals surface area contributed by atoms with Crippen molar-refractivity contribution in [1.82, 2.24) is 9.78 Å². The normalized spacial score (nSPS) is 19.1. The zero-order valence-electron chi connectivity index (χ0n) is 17.9. The zero-order chi connectivity index (χ0) is 23.3. The standard InChI is InChI=1S/C23H21F3N4O3/c1-12-5-13(2)7-15(6-12)27-22(31)17-10-21-28-16(9-20(23(24,25)26)30(21)29-17)14-3-4-18-19(8-14)33-11-32-18/h3-8,10,16,20,28H,9,11H2,1-2H3,(H,27,31). The quantitative estimate of drug-likeness (QED) is 0.568. The van der Waals surface area contributed by atoms with Gasteiger partial charge in [0.2, 0.25) is 6.79 Å². The van der Waals surface area contributed by atoms with Gasteiger partial charge in [0.15, 0.2) is 23.2 Å². The number of amides is 1. The van der Waals surface area contributed by atoms with Gasteiger partial charge in [0.25, 0.3) is 5.91 Å². The highest BCUT2D eigenvalue weighted by molar-refractivity contribution is 6.03. The molecule has 1 amide bonds. The number of halogens is 3. The maximum absolute atomic E-state index is 13.9. The molecule has 2 atom stereocenters. The van der Waals surface area contributed by atoms with E-state index >= 15 is 0 Å². The van der Waals surface area contributed by atoms with Crippen LogP contribution >= 0.6 is 0 Å². The molecule has 0 saturated heterocycles. The monoisotopic (exact) mass is 458 g/mol. The van der Waals surface area contributed by atoms with E-state index in [0.717, 1.165) is 15.8 Å². The molecule has 0 saturated carbocycles. The van der Waals surface area contributed by atoms with Gasteiger partial charge in [-0.05, 0) is 54.8 Å². The molecule has 172 valence electrons. The largest absolute Gasteiger partial charge is 0.454 e. The first kappa shape index (κ1) is 21.2. The lowest BCUT2D eigenvalue weighted by atomic mass is 9.96. The molecule has 10 heteroatoms. The number of fused-ring (bicyclic) bond motifs is 2. The molecule has 2 N–H and O–H groups in total. The number of aromatic nitrogens is 2. The number of rotatable bonds is 3. The van der Waals surface area contributed by atoms with Crippen molar-refractivity contribution in [1.29, 1.82) is 0 Å². The molecule has 7 nitrogen and oxygen atoms in total. The molecule has 0 spiro atoms. The lowest BCUT2D eigenvalue weighted by Crippen LogP contribution is -2.35. The number of nitrogens with one attached hydrogen (secondary N) is 2. The van der Waals surface area contributed by atoms with Crippen LogP contribution in [0, 0.1) is 13.8 Å². The Morgan fingerprint density at radius 2 is 1.82 bits per heavy atom. The van der Waals surface area contributed by atoms with Crippen LogP contribution in [0.2, 0.25) is 0 Å². The second-order valence-electron chi connectivity index (χ2n) is 8.29. The van der Waals surface area contributed by atoms with Gasteiger partial charge in [0, 0.05) is 18.2 Å². The van der Waals surface area contributed by atoms with Gasteiger partial charge in [-0.25, -0.2) is 4.68 Å². The van der Waals surface area contributed by atoms with E-state index in [2.05, 4.69) is 15.7 Å². The van der Waals surface area contributed by atoms with Crippen molar-refractivity contribution < 1.29 is 27.4 Å². The van der Waals surface area contributed by atoms with Crippen LogP contribution in [0.3, 0.4) is 0 Å². The smallest absolute Gasteiger partial charge is 0.410 e. The van der Waals surface area contributed by atoms with E-state index in [9.17, 15) is 18.0 Å². The van der Waals surface area contributed by atoms with E-state index in [4.69, 9.17) is 9.47 Å². The molecule has 1 aromatic heterocycles. The van der Waals surface area contributed by atoms with Gasteiger partial charge < -0.3 is 20.1 Å². The van der Waals surface area contributed by atoms with Crippen molar-refractivity contribution in [2.24, 2.45) is 0 Å². The SMILES string of the molecule is Cc1cc(C)cc(NC(=O)c2cc3n(n2)C(C(F)(F)F)CC(c2ccc4c(c2)OCO4)N3)c1. The second-order valence-corrected chi connectivity index (χ2v) is 8.29. The number of hydrogen-bond acceptors (Lipinski definition) is 5. The van der Waals surface area contributed by atoms with Crippen molar-refractivity contribution in [2.75, 3.05) is 17.4 Å². The molecule has 2 aliphatic heterocycles. The minimum Gasteiger partial charge on any atom is -0.454 e. The highest BCUT2D eigenvalue weighted by atomic mass is 19.4. The first-order chi connectivity index (χ1) is 15.7. The van der Waals surface area contributed by atoms with Gasteiger partial charge in [-0.2, -0.15) is 18.3 Å². The Labute approximate surface area is 187 Å². The van der Waals surface area contributed by atoms with E-state index in [1.165, 1.54) is 6.07 Å². The maximum Gasteiger partial charge on any atom is 0.410 e. The van der Waals surface area contributed by atoms with Gasteiger partial charge in [-0.1, -0.05) is 12.1 Å². The van der Waals surface area contributed by atoms with E-state index in [-0.39, 0.29) is 24.7 Å². The summed E-state index contributed by atoms with van der Waals surface area (Å²) in [7, 11) is 0. The summed E-state index contributed by atoms with van der Waals surface area (Å²) >= 11 is 0. The summed E-state index contributed by atoms with van der Waals surface area (Å²) in [5.74, 6) is 0.587. The van der Waals surface area contributed by atoms with Crippen molar-refractivity contribution in [3.8, 4) is 11.5 Å². The van der Waals surface area contributed by atoms with Crippen LogP contribution in [0.5, 0.6) is 11.5 Å². The highest BCUT2D eigenvalue weighted by Crippen LogP contribution is 2.45. The molecule has 2 unspecified atom stereocenters. The molecule has 2 aliphatic rings. The van der Waals surface area contributed by atoms with Gasteiger partial charge in [0.1, 0.15) is 5.82 Å². The number of benzene rings is 2. The van der Waals surface area contributed by atoms with E-state index < -0.39 is 24.2 Å². The third-order valence-electron chi connectivity index (χ3n) is 5.70. The Kier molecular flexibility index (Phi) is 4.95. The summed E-state index contributed by atoms with van der Waals surface area (Å²) in [5, 5.41) is 9.81. The molecule has 2 aromatic carbocycles. The first-order valence-electron chi connectivity index (χ1n) is 10.4. The number of carbonyl (C=O) groups excluding carboxylic acids is 1. The molecule has 3 heterocycles. The fourth-order valence-electron chi connectivity index (χ4n) is 4.27. The first-order valence-corrected chi connectivity index (χ1v) is 10.4. The molecule has 0 radical (unpaired) electrons. The number of aryl methyl sites for hydroxylation is 2. The topological polar surface area (TPSA) is 77.4 Å². The van der Waals surface area contributed by atoms with Crippen LogP contribution in [-0.2, 0) is 0 Å². The maximum atomic E-state index is 13.9. The average molecular weight is 458 g/mol. The summed E-state index contributed by atoms with van der Waals surface area (Å²) < 4.78 is 53.3. The average Bonchev–Trinajstić information content (AvgIpc) is 3.37. The third-order valence-corrected chi connectivity index (χ3v) is 5.70. The molecule has 3 aromatic rings. The summed E-state index contributed by atoms with van der Waals surface area (Å²) in [4.78, 5) is 12.8. The van der Waals surface area contributed by atoms with Crippen molar-refractivity contribution >= 4 is 17.4 Å². The Morgan fingerprint density at radius 3 is 2.55 bits per heavy atom. The molecular formula is C23H21F3N4O3. The Balaban J connectivity index is 1.45. The molecule has 0 aliphatic carbocycles. The van der Waals surface area contributed by atoms with Crippen molar-refractivity contribution in [2.45, 2.75) is 38.5 Å². The van der Waals surface area contributed by atoms with Crippen molar-refractivity contribution in [3.05, 3.63) is 64.8 Å². The fourth-order valence-corrected chi connectivity index (χ4v) is 4.27. The molecular weight excluding hydrogens is 437 g/mol. The van der Waals surface area contributed by atoms with Crippen LogP contribution in [0.4, 0.5) is 24.7 Å². The molecule has 0 bridgehead atoms. The van der Waals surface area contributed by atoms with Crippen LogP contribution in [-0.4, -0.2) is 28.7 Å². The summed E-state index contributed by atoms with van der Waals surface area (Å²) in [6, 6.07) is 9.40. The Hall–Kier alpha value is -3.69. The lowest BCUT2D eigenvalue weighted by molar-refractivity contribution is -0.173. The van der Waals surface area contributed by atoms with Crippen LogP contribution in [0.1, 0.15) is 45.7 Å². The van der Waals surface area contributed by atoms with Gasteiger partial charge in [-0.3, -0.25) is 4.79 Å². The van der Waals surface area contributed by atoms with E-state index in [1.54, 1.807) is 30.3 Å². The summed E-state index contributed by atoms with van der Waals surface area (Å²) in [6.45, 7) is 3.87. The van der Waals surface area contributed by atoms with Crippen LogP contribution in [0.15, 0.2) is 42.5 Å². The summed E-state index contributed by atoms with van der Waals surface area (Å²) in [5.41, 5.74) is 3.00. The number of anilines is 2. The van der Waals surface area contributed by atoms with Crippen LogP contribution < -0.4 is 20.1 Å². The minimum absolute atomic E-state index is 0.0771. The van der Waals surface area contributed by atoms with E-state index in [1.807, 2.05) is 19.9 Å². The fraction of sp³-hybridized carbons (Fsp3) is 0.304. The molecule has 33 heavy (non-hydrogen) atoms. The van der Waals surface area contributed by atoms with Gasteiger partial charge in [0.05, 0.1) is 6.04 Å². The Bertz CT molecular complexity index is 1220. The van der Waals surface area contributed by atoms with E-state index in [0.29, 0.717) is 22.7 Å². The zero-order valence-corrected chi connectivity index (χ0v) is 17.9. The lowest BCUT2D eigenvalue weighted by Gasteiger charge is -2.33. The number of carbonyl (C=O) groups is 1. The second kappa shape index (κ2) is 7.72. The third kappa shape index (κ3) is 4.08. The number of alkyl halides is 3. The van der Waals surface area contributed by atoms with Gasteiger partial charge in [-0.15, -0.1) is 0 Å².